The lowest BCUT2D eigenvalue weighted by atomic mass is 10.0. The van der Waals surface area contributed by atoms with Gasteiger partial charge in [-0.25, -0.2) is 0 Å². The van der Waals surface area contributed by atoms with Crippen molar-refractivity contribution in [2.75, 3.05) is 24.0 Å². The second-order valence-electron chi connectivity index (χ2n) is 10.0. The number of hydrogen-bond acceptors (Lipinski definition) is 3. The van der Waals surface area contributed by atoms with Crippen molar-refractivity contribution in [2.45, 2.75) is 32.1 Å². The van der Waals surface area contributed by atoms with E-state index in [9.17, 15) is 0 Å². The van der Waals surface area contributed by atoms with Crippen molar-refractivity contribution in [2.24, 2.45) is 0 Å². The summed E-state index contributed by atoms with van der Waals surface area (Å²) >= 11 is 0. The van der Waals surface area contributed by atoms with E-state index in [0.717, 1.165) is 66.2 Å². The smallest absolute Gasteiger partial charge is 0.116 e. The van der Waals surface area contributed by atoms with Gasteiger partial charge in [-0.15, -0.1) is 0 Å². The van der Waals surface area contributed by atoms with Gasteiger partial charge in [-0.3, -0.25) is 0 Å². The molecule has 3 aliphatic carbocycles. The Bertz CT molecular complexity index is 1530. The number of rotatable bonds is 7. The van der Waals surface area contributed by atoms with Crippen LogP contribution in [-0.2, 0) is 4.74 Å². The van der Waals surface area contributed by atoms with Gasteiger partial charge in [-0.05, 0) is 110 Å². The molecule has 0 aliphatic heterocycles. The summed E-state index contributed by atoms with van der Waals surface area (Å²) in [7, 11) is 3.84. The van der Waals surface area contributed by atoms with Gasteiger partial charge in [0, 0.05) is 35.9 Å². The number of allylic oxidation sites excluding steroid dienone is 12. The number of benzene rings is 2. The predicted octanol–water partition coefficient (Wildman–Crippen LogP) is 9.30. The summed E-state index contributed by atoms with van der Waals surface area (Å²) in [4.78, 5) is 4.50. The molecule has 3 heteroatoms. The summed E-state index contributed by atoms with van der Waals surface area (Å²) in [5, 5.41) is 0. The van der Waals surface area contributed by atoms with Crippen LogP contribution in [0.5, 0.6) is 0 Å². The fourth-order valence-electron chi connectivity index (χ4n) is 5.05. The maximum atomic E-state index is 5.44. The van der Waals surface area contributed by atoms with Crippen LogP contribution >= 0.6 is 0 Å². The Morgan fingerprint density at radius 2 is 1.50 bits per heavy atom. The normalized spacial score (nSPS) is 19.5. The largest absolute Gasteiger partial charge is 0.497 e. The summed E-state index contributed by atoms with van der Waals surface area (Å²) in [6.07, 6.45) is 26.4. The zero-order chi connectivity index (χ0) is 27.7. The molecule has 0 spiro atoms. The van der Waals surface area contributed by atoms with Crippen molar-refractivity contribution in [3.63, 3.8) is 0 Å². The number of methoxy groups -OCH3 is 1. The highest BCUT2D eigenvalue weighted by Crippen LogP contribution is 2.32. The second kappa shape index (κ2) is 12.9. The maximum Gasteiger partial charge on any atom is 0.116 e. The SMILES string of the molecule is C=C1/C=C\CCC/C=C\C(N(C2=CC=C=C=C2)c2ccc(-c3ccc(N(C)C4=CC(OC)=CCC4)cc3)cc2)=C/1. The summed E-state index contributed by atoms with van der Waals surface area (Å²) < 4.78 is 5.44. The minimum absolute atomic E-state index is 0.933. The summed E-state index contributed by atoms with van der Waals surface area (Å²) in [5.41, 5.74) is 15.1. The van der Waals surface area contributed by atoms with Gasteiger partial charge in [-0.2, -0.15) is 0 Å². The van der Waals surface area contributed by atoms with Gasteiger partial charge < -0.3 is 14.5 Å². The molecular weight excluding hydrogens is 488 g/mol. The van der Waals surface area contributed by atoms with Crippen molar-refractivity contribution >= 4 is 11.4 Å². The molecule has 40 heavy (non-hydrogen) atoms. The molecule has 200 valence electrons. The van der Waals surface area contributed by atoms with Gasteiger partial charge in [0.1, 0.15) is 5.76 Å². The highest BCUT2D eigenvalue weighted by molar-refractivity contribution is 5.72. The van der Waals surface area contributed by atoms with Crippen LogP contribution in [0.2, 0.25) is 0 Å². The van der Waals surface area contributed by atoms with Crippen molar-refractivity contribution < 1.29 is 4.74 Å². The molecule has 0 saturated heterocycles. The third-order valence-corrected chi connectivity index (χ3v) is 7.29. The Kier molecular flexibility index (Phi) is 8.69. The first kappa shape index (κ1) is 26.9. The Balaban J connectivity index is 1.41. The van der Waals surface area contributed by atoms with Crippen molar-refractivity contribution in [3.8, 4) is 11.1 Å². The summed E-state index contributed by atoms with van der Waals surface area (Å²) in [6.45, 7) is 4.27. The molecule has 0 fully saturated rings. The summed E-state index contributed by atoms with van der Waals surface area (Å²) in [5.74, 6) is 0.933. The molecule has 0 bridgehead atoms. The van der Waals surface area contributed by atoms with E-state index in [2.05, 4.69) is 132 Å². The fraction of sp³-hybridized carbons (Fsp3) is 0.189. The van der Waals surface area contributed by atoms with E-state index in [4.69, 9.17) is 4.74 Å². The van der Waals surface area contributed by atoms with Crippen LogP contribution in [0, 0.1) is 0 Å². The molecule has 0 heterocycles. The second-order valence-corrected chi connectivity index (χ2v) is 10.0. The number of hydrogen-bond donors (Lipinski definition) is 0. The van der Waals surface area contributed by atoms with Crippen LogP contribution < -0.4 is 9.80 Å². The third kappa shape index (κ3) is 6.47. The van der Waals surface area contributed by atoms with E-state index in [1.54, 1.807) is 7.11 Å². The van der Waals surface area contributed by atoms with Crippen LogP contribution in [0.15, 0.2) is 156 Å². The van der Waals surface area contributed by atoms with Crippen LogP contribution in [0.4, 0.5) is 11.4 Å². The lowest BCUT2D eigenvalue weighted by molar-refractivity contribution is 0.302. The highest BCUT2D eigenvalue weighted by Gasteiger charge is 2.16. The van der Waals surface area contributed by atoms with Gasteiger partial charge in [-0.1, -0.05) is 60.5 Å². The molecule has 0 aromatic heterocycles. The monoisotopic (exact) mass is 524 g/mol. The number of ether oxygens (including phenoxy) is 1. The zero-order valence-electron chi connectivity index (χ0n) is 23.4. The molecule has 0 N–H and O–H groups in total. The molecule has 3 aliphatic rings. The van der Waals surface area contributed by atoms with Crippen molar-refractivity contribution in [3.05, 3.63) is 156 Å². The van der Waals surface area contributed by atoms with Gasteiger partial charge in [0.25, 0.3) is 0 Å². The van der Waals surface area contributed by atoms with Gasteiger partial charge in [0.2, 0.25) is 0 Å². The van der Waals surface area contributed by atoms with Gasteiger partial charge >= 0.3 is 0 Å². The molecule has 2 aromatic rings. The van der Waals surface area contributed by atoms with E-state index in [0.29, 0.717) is 0 Å². The topological polar surface area (TPSA) is 15.7 Å². The molecule has 0 amide bonds. The quantitative estimate of drug-likeness (QED) is 0.336. The Morgan fingerprint density at radius 1 is 0.800 bits per heavy atom. The van der Waals surface area contributed by atoms with E-state index in [1.807, 2.05) is 12.2 Å². The zero-order valence-corrected chi connectivity index (χ0v) is 23.4. The minimum atomic E-state index is 0.933. The molecule has 0 unspecified atom stereocenters. The first-order chi connectivity index (χ1) is 19.6. The molecule has 2 aromatic carbocycles. The lowest BCUT2D eigenvalue weighted by Crippen LogP contribution is -2.20. The predicted molar refractivity (Wildman–Crippen MR) is 169 cm³/mol. The summed E-state index contributed by atoms with van der Waals surface area (Å²) in [6, 6.07) is 17.5. The number of anilines is 2. The first-order valence-corrected chi connectivity index (χ1v) is 13.9. The minimum Gasteiger partial charge on any atom is -0.497 e. The Labute approximate surface area is 238 Å². The van der Waals surface area contributed by atoms with E-state index >= 15 is 0 Å². The molecular formula is C37H36N2O. The first-order valence-electron chi connectivity index (χ1n) is 13.9. The molecule has 0 saturated carbocycles. The van der Waals surface area contributed by atoms with Crippen LogP contribution in [-0.4, -0.2) is 14.2 Å². The van der Waals surface area contributed by atoms with Crippen LogP contribution in [0.3, 0.4) is 0 Å². The van der Waals surface area contributed by atoms with Crippen LogP contribution in [0.1, 0.15) is 32.1 Å². The number of nitrogens with zero attached hydrogens (tertiary/aromatic N) is 2. The third-order valence-electron chi connectivity index (χ3n) is 7.29. The van der Waals surface area contributed by atoms with Gasteiger partial charge in [0.05, 0.1) is 12.8 Å². The fourth-order valence-corrected chi connectivity index (χ4v) is 5.05. The average molecular weight is 525 g/mol. The highest BCUT2D eigenvalue weighted by atomic mass is 16.5. The standard InChI is InChI=1S/C37H36N2O/c1-29-13-8-5-4-6-9-16-36(27-29)39(33-14-10-7-11-15-33)34-25-21-31(22-26-34)30-19-23-32(24-20-30)38(2)35-17-12-18-37(28-35)40-3/h8-10,13-16,18-28H,1,4-6,12,17H2,2-3H3/b13-8-,16-9-,36-27+. The molecule has 0 atom stereocenters. The van der Waals surface area contributed by atoms with E-state index in [-0.39, 0.29) is 0 Å². The Hall–Kier alpha value is -4.68. The molecule has 5 rings (SSSR count). The lowest BCUT2D eigenvalue weighted by Gasteiger charge is -2.28. The maximum absolute atomic E-state index is 5.44. The van der Waals surface area contributed by atoms with Crippen LogP contribution in [0.25, 0.3) is 11.1 Å². The average Bonchev–Trinajstić information content (AvgIpc) is 3.01. The van der Waals surface area contributed by atoms with E-state index < -0.39 is 0 Å². The Morgan fingerprint density at radius 3 is 2.17 bits per heavy atom. The van der Waals surface area contributed by atoms with Gasteiger partial charge in [0.15, 0.2) is 0 Å². The van der Waals surface area contributed by atoms with Crippen molar-refractivity contribution in [1.82, 2.24) is 0 Å². The van der Waals surface area contributed by atoms with E-state index in [1.165, 1.54) is 16.8 Å². The molecule has 3 nitrogen and oxygen atoms in total. The molecule has 0 radical (unpaired) electrons. The van der Waals surface area contributed by atoms with Crippen molar-refractivity contribution in [1.29, 1.82) is 0 Å².